The molecule has 2 aliphatic rings. The zero-order valence-corrected chi connectivity index (χ0v) is 23.3. The third kappa shape index (κ3) is 6.69. The first-order valence-electron chi connectivity index (χ1n) is 13.2. The van der Waals surface area contributed by atoms with Gasteiger partial charge < -0.3 is 29.7 Å². The molecule has 210 valence electrons. The van der Waals surface area contributed by atoms with Crippen LogP contribution in [0.25, 0.3) is 0 Å². The highest BCUT2D eigenvalue weighted by molar-refractivity contribution is 5.95. The molecule has 38 heavy (non-hydrogen) atoms. The average molecular weight is 532 g/mol. The lowest BCUT2D eigenvalue weighted by atomic mass is 9.93. The van der Waals surface area contributed by atoms with Crippen molar-refractivity contribution in [2.24, 2.45) is 0 Å². The Kier molecular flexibility index (Phi) is 10.2. The number of rotatable bonds is 9. The minimum absolute atomic E-state index is 0.0601. The van der Waals surface area contributed by atoms with Crippen LogP contribution in [-0.4, -0.2) is 98.9 Å². The maximum absolute atomic E-state index is 13.4. The van der Waals surface area contributed by atoms with E-state index in [9.17, 15) is 14.4 Å². The summed E-state index contributed by atoms with van der Waals surface area (Å²) in [6, 6.07) is 4.20. The van der Waals surface area contributed by atoms with Gasteiger partial charge in [0.05, 0.1) is 32.4 Å². The lowest BCUT2D eigenvalue weighted by molar-refractivity contribution is -0.139. The summed E-state index contributed by atoms with van der Waals surface area (Å²) in [5, 5.41) is 5.94. The number of nitrogens with zero attached hydrogens (tertiary/aromatic N) is 3. The number of nitrogens with one attached hydrogen (secondary N) is 2. The fourth-order valence-corrected chi connectivity index (χ4v) is 4.83. The summed E-state index contributed by atoms with van der Waals surface area (Å²) in [4.78, 5) is 44.9. The Morgan fingerprint density at radius 1 is 1.11 bits per heavy atom. The second kappa shape index (κ2) is 13.4. The van der Waals surface area contributed by atoms with Crippen molar-refractivity contribution in [3.8, 4) is 11.5 Å². The highest BCUT2D eigenvalue weighted by atomic mass is 16.5. The van der Waals surface area contributed by atoms with E-state index >= 15 is 0 Å². The van der Waals surface area contributed by atoms with Gasteiger partial charge in [-0.1, -0.05) is 0 Å². The van der Waals surface area contributed by atoms with Gasteiger partial charge in [-0.15, -0.1) is 0 Å². The summed E-state index contributed by atoms with van der Waals surface area (Å²) < 4.78 is 16.4. The zero-order chi connectivity index (χ0) is 27.8. The molecule has 11 nitrogen and oxygen atoms in total. The van der Waals surface area contributed by atoms with E-state index in [0.29, 0.717) is 61.1 Å². The normalized spacial score (nSPS) is 18.7. The predicted molar refractivity (Wildman–Crippen MR) is 143 cm³/mol. The number of hydrogen-bond donors (Lipinski definition) is 2. The number of ether oxygens (including phenoxy) is 3. The van der Waals surface area contributed by atoms with Gasteiger partial charge >= 0.3 is 18.0 Å². The van der Waals surface area contributed by atoms with Crippen LogP contribution in [0.15, 0.2) is 29.5 Å². The quantitative estimate of drug-likeness (QED) is 0.471. The van der Waals surface area contributed by atoms with Crippen LogP contribution in [-0.2, 0) is 9.53 Å². The van der Waals surface area contributed by atoms with Gasteiger partial charge in [-0.3, -0.25) is 9.80 Å². The Morgan fingerprint density at radius 2 is 1.87 bits per heavy atom. The zero-order valence-electron chi connectivity index (χ0n) is 23.3. The molecule has 0 aliphatic carbocycles. The van der Waals surface area contributed by atoms with Crippen LogP contribution in [0.5, 0.6) is 11.5 Å². The topological polar surface area (TPSA) is 113 Å². The van der Waals surface area contributed by atoms with Gasteiger partial charge in [0.25, 0.3) is 0 Å². The molecule has 1 atom stereocenters. The molecule has 2 heterocycles. The van der Waals surface area contributed by atoms with Gasteiger partial charge in [-0.05, 0) is 46.2 Å². The number of carbonyl (C=O) groups excluding carboxylic acids is 3. The minimum atomic E-state index is -0.763. The van der Waals surface area contributed by atoms with Crippen molar-refractivity contribution in [1.82, 2.24) is 25.3 Å². The first kappa shape index (κ1) is 29.1. The lowest BCUT2D eigenvalue weighted by Crippen LogP contribution is -2.51. The van der Waals surface area contributed by atoms with E-state index in [1.54, 1.807) is 37.1 Å². The molecule has 1 saturated heterocycles. The minimum Gasteiger partial charge on any atom is -0.497 e. The lowest BCUT2D eigenvalue weighted by Gasteiger charge is -2.38. The average Bonchev–Trinajstić information content (AvgIpc) is 3.13. The Balaban J connectivity index is 2.00. The molecule has 0 saturated carbocycles. The summed E-state index contributed by atoms with van der Waals surface area (Å²) in [6.45, 7) is 11.0. The molecule has 0 bridgehead atoms. The van der Waals surface area contributed by atoms with E-state index in [0.717, 1.165) is 13.0 Å². The Bertz CT molecular complexity index is 1040. The first-order chi connectivity index (χ1) is 18.2. The number of methoxy groups -OCH3 is 2. The number of esters is 1. The third-order valence-electron chi connectivity index (χ3n) is 6.66. The van der Waals surface area contributed by atoms with Crippen LogP contribution in [0.4, 0.5) is 9.59 Å². The molecule has 4 amide bonds. The smallest absolute Gasteiger partial charge is 0.338 e. The number of urea groups is 2. The van der Waals surface area contributed by atoms with Crippen LogP contribution < -0.4 is 20.1 Å². The van der Waals surface area contributed by atoms with Crippen molar-refractivity contribution in [3.63, 3.8) is 0 Å². The summed E-state index contributed by atoms with van der Waals surface area (Å²) in [5.41, 5.74) is 1.60. The van der Waals surface area contributed by atoms with Crippen molar-refractivity contribution < 1.29 is 28.6 Å². The van der Waals surface area contributed by atoms with Crippen molar-refractivity contribution >= 4 is 18.0 Å². The molecule has 2 N–H and O–H groups in total. The molecule has 1 aromatic carbocycles. The molecule has 11 heteroatoms. The van der Waals surface area contributed by atoms with Gasteiger partial charge in [0.2, 0.25) is 0 Å². The molecule has 0 radical (unpaired) electrons. The van der Waals surface area contributed by atoms with Crippen LogP contribution in [0, 0.1) is 0 Å². The summed E-state index contributed by atoms with van der Waals surface area (Å²) in [7, 11) is 3.10. The molecule has 0 aromatic heterocycles. The first-order valence-corrected chi connectivity index (χ1v) is 13.2. The van der Waals surface area contributed by atoms with E-state index in [-0.39, 0.29) is 24.7 Å². The van der Waals surface area contributed by atoms with Crippen molar-refractivity contribution in [3.05, 3.63) is 35.0 Å². The van der Waals surface area contributed by atoms with Crippen molar-refractivity contribution in [1.29, 1.82) is 0 Å². The third-order valence-corrected chi connectivity index (χ3v) is 6.66. The largest absolute Gasteiger partial charge is 0.497 e. The van der Waals surface area contributed by atoms with E-state index in [4.69, 9.17) is 14.2 Å². The van der Waals surface area contributed by atoms with Gasteiger partial charge in [0.1, 0.15) is 11.5 Å². The molecule has 1 fully saturated rings. The molecule has 0 unspecified atom stereocenters. The fraction of sp³-hybridized carbons (Fsp3) is 0.593. The second-order valence-electron chi connectivity index (χ2n) is 9.54. The van der Waals surface area contributed by atoms with Gasteiger partial charge in [-0.2, -0.15) is 0 Å². The number of amides is 4. The maximum atomic E-state index is 13.4. The SMILES string of the molecule is CCOC(=O)C1=C(CN2CCCN(C(=O)NC(C)C)CC2)N(CC)C(=O)N[C@H]1c1ccc(OC)cc1OC. The molecule has 1 aromatic rings. The van der Waals surface area contributed by atoms with Crippen LogP contribution >= 0.6 is 0 Å². The highest BCUT2D eigenvalue weighted by Gasteiger charge is 2.39. The van der Waals surface area contributed by atoms with Crippen LogP contribution in [0.3, 0.4) is 0 Å². The summed E-state index contributed by atoms with van der Waals surface area (Å²) in [5.74, 6) is 0.597. The van der Waals surface area contributed by atoms with Crippen molar-refractivity contribution in [2.45, 2.75) is 46.2 Å². The number of carbonyl (C=O) groups is 3. The fourth-order valence-electron chi connectivity index (χ4n) is 4.83. The van der Waals surface area contributed by atoms with E-state index in [2.05, 4.69) is 15.5 Å². The van der Waals surface area contributed by atoms with E-state index in [1.165, 1.54) is 7.11 Å². The molecule has 2 aliphatic heterocycles. The van der Waals surface area contributed by atoms with Crippen LogP contribution in [0.1, 0.15) is 45.7 Å². The Morgan fingerprint density at radius 3 is 2.50 bits per heavy atom. The van der Waals surface area contributed by atoms with E-state index < -0.39 is 12.0 Å². The summed E-state index contributed by atoms with van der Waals surface area (Å²) in [6.07, 6.45) is 0.779. The molecule has 3 rings (SSSR count). The maximum Gasteiger partial charge on any atom is 0.338 e. The predicted octanol–water partition coefficient (Wildman–Crippen LogP) is 2.73. The van der Waals surface area contributed by atoms with Gasteiger partial charge in [-0.25, -0.2) is 14.4 Å². The van der Waals surface area contributed by atoms with Gasteiger partial charge in [0.15, 0.2) is 0 Å². The molecule has 0 spiro atoms. The number of benzene rings is 1. The Hall–Kier alpha value is -3.47. The second-order valence-corrected chi connectivity index (χ2v) is 9.54. The molecular weight excluding hydrogens is 490 g/mol. The molecular formula is C27H41N5O6. The number of likely N-dealkylation sites (N-methyl/N-ethyl adjacent to an activating group) is 1. The van der Waals surface area contributed by atoms with E-state index in [1.807, 2.05) is 25.7 Å². The van der Waals surface area contributed by atoms with Crippen LogP contribution in [0.2, 0.25) is 0 Å². The summed E-state index contributed by atoms with van der Waals surface area (Å²) >= 11 is 0. The van der Waals surface area contributed by atoms with Gasteiger partial charge in [0, 0.05) is 62.6 Å². The monoisotopic (exact) mass is 531 g/mol. The number of hydrogen-bond acceptors (Lipinski definition) is 7. The van der Waals surface area contributed by atoms with Crippen molar-refractivity contribution in [2.75, 3.05) is 60.1 Å². The Labute approximate surface area is 225 Å². The highest BCUT2D eigenvalue weighted by Crippen LogP contribution is 2.38. The standard InChI is InChI=1S/C27H41N5O6/c1-7-32-21(17-30-12-9-13-31(15-14-30)26(34)28-18(3)4)23(25(33)38-8-2)24(29-27(32)35)20-11-10-19(36-5)16-22(20)37-6/h10-11,16,18,24H,7-9,12-15,17H2,1-6H3,(H,28,34)(H,29,35)/t24-/m0/s1.